The lowest BCUT2D eigenvalue weighted by Crippen LogP contribution is -2.09. The Hall–Kier alpha value is -1.32. The Balaban J connectivity index is 2.26. The lowest BCUT2D eigenvalue weighted by Gasteiger charge is -2.09. The Bertz CT molecular complexity index is 323. The van der Waals surface area contributed by atoms with Crippen molar-refractivity contribution >= 4 is 0 Å². The number of ether oxygens (including phenoxy) is 2. The zero-order valence-corrected chi connectivity index (χ0v) is 9.69. The van der Waals surface area contributed by atoms with Crippen LogP contribution in [0.2, 0.25) is 0 Å². The first-order valence-electron chi connectivity index (χ1n) is 5.48. The van der Waals surface area contributed by atoms with E-state index in [1.54, 1.807) is 0 Å². The topological polar surface area (TPSA) is 44.5 Å². The molecule has 0 aliphatic carbocycles. The van der Waals surface area contributed by atoms with Gasteiger partial charge >= 0.3 is 0 Å². The molecule has 16 heavy (non-hydrogen) atoms. The highest BCUT2D eigenvalue weighted by Crippen LogP contribution is 2.16. The quantitative estimate of drug-likeness (QED) is 0.566. The average molecular weight is 221 g/mol. The van der Waals surface area contributed by atoms with Crippen LogP contribution in [-0.4, -0.2) is 19.8 Å². The molecule has 1 aromatic carbocycles. The normalized spacial score (nSPS) is 10.9. The number of hydrogen-bond donors (Lipinski definition) is 1. The van der Waals surface area contributed by atoms with E-state index in [-0.39, 0.29) is 0 Å². The van der Waals surface area contributed by atoms with Gasteiger partial charge < -0.3 is 15.2 Å². The Morgan fingerprint density at radius 2 is 2.06 bits per heavy atom. The van der Waals surface area contributed by atoms with Crippen LogP contribution < -0.4 is 10.5 Å². The molecule has 0 unspecified atom stereocenters. The first-order chi connectivity index (χ1) is 7.88. The van der Waals surface area contributed by atoms with E-state index in [9.17, 15) is 0 Å². The highest BCUT2D eigenvalue weighted by Gasteiger charge is 1.99. The monoisotopic (exact) mass is 221 g/mol. The molecule has 88 valence electrons. The van der Waals surface area contributed by atoms with Crippen molar-refractivity contribution < 1.29 is 9.47 Å². The minimum atomic E-state index is 0.496. The van der Waals surface area contributed by atoms with Gasteiger partial charge in [-0.15, -0.1) is 0 Å². The molecule has 1 rings (SSSR count). The molecule has 0 spiro atoms. The third-order valence-electron chi connectivity index (χ3n) is 2.13. The molecular formula is C13H19NO2. The van der Waals surface area contributed by atoms with Crippen molar-refractivity contribution in [1.29, 1.82) is 0 Å². The summed E-state index contributed by atoms with van der Waals surface area (Å²) in [6, 6.07) is 7.79. The van der Waals surface area contributed by atoms with Crippen molar-refractivity contribution in [3.8, 4) is 5.75 Å². The number of allylic oxidation sites excluding steroid dienone is 1. The van der Waals surface area contributed by atoms with E-state index in [0.29, 0.717) is 26.4 Å². The van der Waals surface area contributed by atoms with Crippen molar-refractivity contribution in [1.82, 2.24) is 0 Å². The van der Waals surface area contributed by atoms with Crippen LogP contribution in [0.5, 0.6) is 5.75 Å². The number of hydrogen-bond acceptors (Lipinski definition) is 3. The number of benzene rings is 1. The van der Waals surface area contributed by atoms with Gasteiger partial charge in [-0.05, 0) is 13.0 Å². The molecule has 0 heterocycles. The SMILES string of the molecule is CC=CCOCCOc1ccccc1CN. The van der Waals surface area contributed by atoms with Crippen LogP contribution in [0, 0.1) is 0 Å². The van der Waals surface area contributed by atoms with Gasteiger partial charge in [-0.25, -0.2) is 0 Å². The summed E-state index contributed by atoms with van der Waals surface area (Å²) in [5.41, 5.74) is 6.62. The minimum absolute atomic E-state index is 0.496. The highest BCUT2D eigenvalue weighted by atomic mass is 16.5. The van der Waals surface area contributed by atoms with Gasteiger partial charge in [0.15, 0.2) is 0 Å². The highest BCUT2D eigenvalue weighted by molar-refractivity contribution is 5.32. The van der Waals surface area contributed by atoms with Crippen molar-refractivity contribution in [3.63, 3.8) is 0 Å². The largest absolute Gasteiger partial charge is 0.491 e. The van der Waals surface area contributed by atoms with Crippen molar-refractivity contribution in [2.24, 2.45) is 5.73 Å². The molecule has 0 fully saturated rings. The van der Waals surface area contributed by atoms with Crippen LogP contribution >= 0.6 is 0 Å². The first-order valence-corrected chi connectivity index (χ1v) is 5.48. The van der Waals surface area contributed by atoms with Crippen LogP contribution in [0.25, 0.3) is 0 Å². The molecule has 0 aliphatic rings. The lowest BCUT2D eigenvalue weighted by atomic mass is 10.2. The number of nitrogens with two attached hydrogens (primary N) is 1. The Kier molecular flexibility index (Phi) is 6.30. The van der Waals surface area contributed by atoms with E-state index in [1.165, 1.54) is 0 Å². The van der Waals surface area contributed by atoms with E-state index >= 15 is 0 Å². The lowest BCUT2D eigenvalue weighted by molar-refractivity contribution is 0.120. The number of para-hydroxylation sites is 1. The number of rotatable bonds is 7. The predicted molar refractivity (Wildman–Crippen MR) is 65.5 cm³/mol. The molecule has 0 saturated heterocycles. The van der Waals surface area contributed by atoms with Crippen LogP contribution in [0.1, 0.15) is 12.5 Å². The fraction of sp³-hybridized carbons (Fsp3) is 0.385. The maximum Gasteiger partial charge on any atom is 0.123 e. The first kappa shape index (κ1) is 12.7. The fourth-order valence-corrected chi connectivity index (χ4v) is 1.27. The average Bonchev–Trinajstić information content (AvgIpc) is 2.34. The summed E-state index contributed by atoms with van der Waals surface area (Å²) in [7, 11) is 0. The van der Waals surface area contributed by atoms with Crippen molar-refractivity contribution in [3.05, 3.63) is 42.0 Å². The van der Waals surface area contributed by atoms with E-state index in [1.807, 2.05) is 43.3 Å². The summed E-state index contributed by atoms with van der Waals surface area (Å²) < 4.78 is 10.9. The van der Waals surface area contributed by atoms with Gasteiger partial charge in [-0.1, -0.05) is 30.4 Å². The van der Waals surface area contributed by atoms with Crippen LogP contribution in [0.15, 0.2) is 36.4 Å². The summed E-state index contributed by atoms with van der Waals surface area (Å²) in [6.45, 7) is 4.24. The molecule has 3 nitrogen and oxygen atoms in total. The molecule has 0 saturated carbocycles. The van der Waals surface area contributed by atoms with E-state index in [4.69, 9.17) is 15.2 Å². The Morgan fingerprint density at radius 1 is 1.25 bits per heavy atom. The second-order valence-electron chi connectivity index (χ2n) is 3.30. The van der Waals surface area contributed by atoms with E-state index < -0.39 is 0 Å². The van der Waals surface area contributed by atoms with Crippen LogP contribution in [0.4, 0.5) is 0 Å². The maximum atomic E-state index is 5.60. The van der Waals surface area contributed by atoms with Gasteiger partial charge in [-0.2, -0.15) is 0 Å². The second-order valence-corrected chi connectivity index (χ2v) is 3.30. The fourth-order valence-electron chi connectivity index (χ4n) is 1.27. The summed E-state index contributed by atoms with van der Waals surface area (Å²) >= 11 is 0. The van der Waals surface area contributed by atoms with Gasteiger partial charge in [0.2, 0.25) is 0 Å². The molecule has 0 aliphatic heterocycles. The molecule has 3 heteroatoms. The molecule has 0 atom stereocenters. The maximum absolute atomic E-state index is 5.60. The zero-order chi connectivity index (χ0) is 11.6. The predicted octanol–water partition coefficient (Wildman–Crippen LogP) is 2.12. The standard InChI is InChI=1S/C13H19NO2/c1-2-3-8-15-9-10-16-13-7-5-4-6-12(13)11-14/h2-7H,8-11,14H2,1H3. The van der Waals surface area contributed by atoms with Gasteiger partial charge in [0, 0.05) is 12.1 Å². The molecule has 0 bridgehead atoms. The molecule has 2 N–H and O–H groups in total. The molecule has 1 aromatic rings. The summed E-state index contributed by atoms with van der Waals surface area (Å²) in [6.07, 6.45) is 3.93. The Morgan fingerprint density at radius 3 is 2.81 bits per heavy atom. The summed E-state index contributed by atoms with van der Waals surface area (Å²) in [5.74, 6) is 0.847. The van der Waals surface area contributed by atoms with Crippen LogP contribution in [0.3, 0.4) is 0 Å². The van der Waals surface area contributed by atoms with Crippen molar-refractivity contribution in [2.75, 3.05) is 19.8 Å². The summed E-state index contributed by atoms with van der Waals surface area (Å²) in [5, 5.41) is 0. The van der Waals surface area contributed by atoms with Crippen molar-refractivity contribution in [2.45, 2.75) is 13.5 Å². The smallest absolute Gasteiger partial charge is 0.123 e. The van der Waals surface area contributed by atoms with Gasteiger partial charge in [0.25, 0.3) is 0 Å². The van der Waals surface area contributed by atoms with Gasteiger partial charge in [0.1, 0.15) is 12.4 Å². The van der Waals surface area contributed by atoms with E-state index in [0.717, 1.165) is 11.3 Å². The Labute approximate surface area is 96.9 Å². The third-order valence-corrected chi connectivity index (χ3v) is 2.13. The molecule has 0 aromatic heterocycles. The van der Waals surface area contributed by atoms with E-state index in [2.05, 4.69) is 0 Å². The third kappa shape index (κ3) is 4.47. The van der Waals surface area contributed by atoms with Gasteiger partial charge in [0.05, 0.1) is 13.2 Å². The minimum Gasteiger partial charge on any atom is -0.491 e. The second kappa shape index (κ2) is 7.91. The summed E-state index contributed by atoms with van der Waals surface area (Å²) in [4.78, 5) is 0. The molecule has 0 radical (unpaired) electrons. The molecule has 0 amide bonds. The molecular weight excluding hydrogens is 202 g/mol. The van der Waals surface area contributed by atoms with Gasteiger partial charge in [-0.3, -0.25) is 0 Å². The van der Waals surface area contributed by atoms with Crippen LogP contribution in [-0.2, 0) is 11.3 Å². The zero-order valence-electron chi connectivity index (χ0n) is 9.69.